The highest BCUT2D eigenvalue weighted by Crippen LogP contribution is 2.27. The molecule has 1 saturated heterocycles. The van der Waals surface area contributed by atoms with Crippen LogP contribution in [0.2, 0.25) is 0 Å². The fraction of sp³-hybridized carbons (Fsp3) is 0.538. The standard InChI is InChI=1S/C13H20N2O/c1-13(8-3-9-15(2)10-13)16-12-6-4-11(14)5-7-12/h4-7H,3,8-10,14H2,1-2H3. The molecule has 1 aliphatic rings. The van der Waals surface area contributed by atoms with Gasteiger partial charge in [0.1, 0.15) is 11.4 Å². The largest absolute Gasteiger partial charge is 0.486 e. The first-order valence-corrected chi connectivity index (χ1v) is 5.81. The van der Waals surface area contributed by atoms with E-state index in [1.807, 2.05) is 24.3 Å². The summed E-state index contributed by atoms with van der Waals surface area (Å²) < 4.78 is 6.07. The molecule has 0 bridgehead atoms. The van der Waals surface area contributed by atoms with Gasteiger partial charge in [-0.3, -0.25) is 0 Å². The van der Waals surface area contributed by atoms with E-state index in [2.05, 4.69) is 18.9 Å². The van der Waals surface area contributed by atoms with Crippen LogP contribution in [0.5, 0.6) is 5.75 Å². The Balaban J connectivity index is 2.05. The van der Waals surface area contributed by atoms with Gasteiger partial charge >= 0.3 is 0 Å². The van der Waals surface area contributed by atoms with Crippen molar-refractivity contribution in [2.75, 3.05) is 25.9 Å². The van der Waals surface area contributed by atoms with Crippen LogP contribution in [0.4, 0.5) is 5.69 Å². The maximum Gasteiger partial charge on any atom is 0.120 e. The van der Waals surface area contributed by atoms with Gasteiger partial charge < -0.3 is 15.4 Å². The molecule has 16 heavy (non-hydrogen) atoms. The van der Waals surface area contributed by atoms with Gasteiger partial charge in [0.15, 0.2) is 0 Å². The summed E-state index contributed by atoms with van der Waals surface area (Å²) in [5.74, 6) is 0.909. The number of benzene rings is 1. The topological polar surface area (TPSA) is 38.5 Å². The Kier molecular flexibility index (Phi) is 3.06. The predicted molar refractivity (Wildman–Crippen MR) is 66.6 cm³/mol. The second-order valence-electron chi connectivity index (χ2n) is 4.96. The SMILES string of the molecule is CN1CCCC(C)(Oc2ccc(N)cc2)C1. The predicted octanol–water partition coefficient (Wildman–Crippen LogP) is 2.13. The molecule has 2 rings (SSSR count). The molecule has 1 aliphatic heterocycles. The van der Waals surface area contributed by atoms with E-state index in [1.54, 1.807) is 0 Å². The van der Waals surface area contributed by atoms with Crippen molar-refractivity contribution < 1.29 is 4.74 Å². The van der Waals surface area contributed by atoms with Crippen LogP contribution in [0.15, 0.2) is 24.3 Å². The molecule has 1 aromatic rings. The number of nitrogen functional groups attached to an aromatic ring is 1. The normalized spacial score (nSPS) is 26.6. The molecule has 1 atom stereocenters. The fourth-order valence-electron chi connectivity index (χ4n) is 2.36. The lowest BCUT2D eigenvalue weighted by Gasteiger charge is -2.38. The van der Waals surface area contributed by atoms with Crippen molar-refractivity contribution in [1.29, 1.82) is 0 Å². The van der Waals surface area contributed by atoms with Crippen LogP contribution in [-0.2, 0) is 0 Å². The Morgan fingerprint density at radius 3 is 2.62 bits per heavy atom. The monoisotopic (exact) mass is 220 g/mol. The number of likely N-dealkylation sites (N-methyl/N-ethyl adjacent to an activating group) is 1. The second kappa shape index (κ2) is 4.34. The Hall–Kier alpha value is -1.22. The Bertz CT molecular complexity index is 349. The number of nitrogens with zero attached hydrogens (tertiary/aromatic N) is 1. The number of ether oxygens (including phenoxy) is 1. The molecule has 0 aliphatic carbocycles. The lowest BCUT2D eigenvalue weighted by molar-refractivity contribution is 0.0156. The third kappa shape index (κ3) is 2.67. The van der Waals surface area contributed by atoms with Crippen LogP contribution in [0, 0.1) is 0 Å². The third-order valence-corrected chi connectivity index (χ3v) is 3.09. The van der Waals surface area contributed by atoms with Gasteiger partial charge in [-0.15, -0.1) is 0 Å². The highest BCUT2D eigenvalue weighted by molar-refractivity contribution is 5.41. The molecule has 3 heteroatoms. The maximum absolute atomic E-state index is 6.07. The van der Waals surface area contributed by atoms with Gasteiger partial charge in [0.05, 0.1) is 0 Å². The molecule has 0 spiro atoms. The minimum Gasteiger partial charge on any atom is -0.486 e. The molecule has 3 nitrogen and oxygen atoms in total. The lowest BCUT2D eigenvalue weighted by atomic mass is 9.95. The summed E-state index contributed by atoms with van der Waals surface area (Å²) in [6.45, 7) is 4.33. The number of anilines is 1. The number of hydrogen-bond acceptors (Lipinski definition) is 3. The van der Waals surface area contributed by atoms with Crippen molar-refractivity contribution in [2.24, 2.45) is 0 Å². The molecule has 1 aromatic carbocycles. The van der Waals surface area contributed by atoms with E-state index < -0.39 is 0 Å². The third-order valence-electron chi connectivity index (χ3n) is 3.09. The van der Waals surface area contributed by atoms with Crippen LogP contribution >= 0.6 is 0 Å². The van der Waals surface area contributed by atoms with Gasteiger partial charge in [0.25, 0.3) is 0 Å². The van der Waals surface area contributed by atoms with Crippen molar-refractivity contribution in [2.45, 2.75) is 25.4 Å². The minimum atomic E-state index is -0.0664. The summed E-state index contributed by atoms with van der Waals surface area (Å²) in [5, 5.41) is 0. The lowest BCUT2D eigenvalue weighted by Crippen LogP contribution is -2.48. The second-order valence-corrected chi connectivity index (χ2v) is 4.96. The molecule has 0 amide bonds. The summed E-state index contributed by atoms with van der Waals surface area (Å²) >= 11 is 0. The summed E-state index contributed by atoms with van der Waals surface area (Å²) in [6, 6.07) is 7.64. The average Bonchev–Trinajstić information content (AvgIpc) is 2.21. The molecule has 0 radical (unpaired) electrons. The Morgan fingerprint density at radius 1 is 1.31 bits per heavy atom. The zero-order valence-electron chi connectivity index (χ0n) is 10.1. The van der Waals surface area contributed by atoms with Crippen molar-refractivity contribution in [3.05, 3.63) is 24.3 Å². The van der Waals surface area contributed by atoms with E-state index in [1.165, 1.54) is 13.0 Å². The highest BCUT2D eigenvalue weighted by Gasteiger charge is 2.31. The summed E-state index contributed by atoms with van der Waals surface area (Å²) in [5.41, 5.74) is 6.36. The van der Waals surface area contributed by atoms with Crippen LogP contribution in [0.1, 0.15) is 19.8 Å². The van der Waals surface area contributed by atoms with E-state index in [0.29, 0.717) is 0 Å². The first-order chi connectivity index (χ1) is 7.57. The molecular formula is C13H20N2O. The van der Waals surface area contributed by atoms with E-state index in [0.717, 1.165) is 24.4 Å². The zero-order chi connectivity index (χ0) is 11.6. The molecule has 1 heterocycles. The smallest absolute Gasteiger partial charge is 0.120 e. The van der Waals surface area contributed by atoms with E-state index >= 15 is 0 Å². The number of likely N-dealkylation sites (tertiary alicyclic amines) is 1. The number of nitrogens with two attached hydrogens (primary N) is 1. The van der Waals surface area contributed by atoms with Crippen molar-refractivity contribution in [3.63, 3.8) is 0 Å². The van der Waals surface area contributed by atoms with Gasteiger partial charge in [0.2, 0.25) is 0 Å². The number of piperidine rings is 1. The number of rotatable bonds is 2. The molecule has 0 aromatic heterocycles. The van der Waals surface area contributed by atoms with Crippen LogP contribution in [-0.4, -0.2) is 30.6 Å². The summed E-state index contributed by atoms with van der Waals surface area (Å²) in [7, 11) is 2.14. The van der Waals surface area contributed by atoms with E-state index in [4.69, 9.17) is 10.5 Å². The highest BCUT2D eigenvalue weighted by atomic mass is 16.5. The van der Waals surface area contributed by atoms with Crippen LogP contribution in [0.3, 0.4) is 0 Å². The molecule has 88 valence electrons. The maximum atomic E-state index is 6.07. The quantitative estimate of drug-likeness (QED) is 0.776. The Labute approximate surface area is 97.2 Å². The van der Waals surface area contributed by atoms with Crippen LogP contribution < -0.4 is 10.5 Å². The minimum absolute atomic E-state index is 0.0664. The number of hydrogen-bond donors (Lipinski definition) is 1. The molecule has 0 saturated carbocycles. The first-order valence-electron chi connectivity index (χ1n) is 5.81. The van der Waals surface area contributed by atoms with Gasteiger partial charge in [-0.25, -0.2) is 0 Å². The molecule has 2 N–H and O–H groups in total. The van der Waals surface area contributed by atoms with Crippen molar-refractivity contribution in [3.8, 4) is 5.75 Å². The fourth-order valence-corrected chi connectivity index (χ4v) is 2.36. The van der Waals surface area contributed by atoms with Crippen LogP contribution in [0.25, 0.3) is 0 Å². The van der Waals surface area contributed by atoms with Gasteiger partial charge in [0, 0.05) is 12.2 Å². The molecular weight excluding hydrogens is 200 g/mol. The first kappa shape index (κ1) is 11.3. The summed E-state index contributed by atoms with van der Waals surface area (Å²) in [4.78, 5) is 2.32. The molecule has 1 unspecified atom stereocenters. The zero-order valence-corrected chi connectivity index (χ0v) is 10.1. The Morgan fingerprint density at radius 2 is 2.00 bits per heavy atom. The van der Waals surface area contributed by atoms with E-state index in [-0.39, 0.29) is 5.60 Å². The van der Waals surface area contributed by atoms with Gasteiger partial charge in [-0.1, -0.05) is 0 Å². The van der Waals surface area contributed by atoms with Crippen molar-refractivity contribution >= 4 is 5.69 Å². The van der Waals surface area contributed by atoms with Gasteiger partial charge in [-0.05, 0) is 57.6 Å². The van der Waals surface area contributed by atoms with E-state index in [9.17, 15) is 0 Å². The summed E-state index contributed by atoms with van der Waals surface area (Å²) in [6.07, 6.45) is 2.31. The molecule has 1 fully saturated rings. The van der Waals surface area contributed by atoms with Gasteiger partial charge in [-0.2, -0.15) is 0 Å². The van der Waals surface area contributed by atoms with Crippen molar-refractivity contribution in [1.82, 2.24) is 4.90 Å². The average molecular weight is 220 g/mol.